The van der Waals surface area contributed by atoms with E-state index in [2.05, 4.69) is 10.6 Å². The van der Waals surface area contributed by atoms with Crippen molar-refractivity contribution in [3.63, 3.8) is 0 Å². The van der Waals surface area contributed by atoms with Crippen LogP contribution < -0.4 is 21.1 Å². The first-order chi connectivity index (χ1) is 8.99. The lowest BCUT2D eigenvalue weighted by molar-refractivity contribution is -0.122. The van der Waals surface area contributed by atoms with Gasteiger partial charge in [-0.05, 0) is 31.5 Å². The summed E-state index contributed by atoms with van der Waals surface area (Å²) < 4.78 is 5.47. The molecule has 0 unspecified atom stereocenters. The van der Waals surface area contributed by atoms with Gasteiger partial charge in [-0.25, -0.2) is 4.79 Å². The van der Waals surface area contributed by atoms with Crippen LogP contribution in [0.4, 0.5) is 4.79 Å². The molecule has 1 aromatic carbocycles. The average Bonchev–Trinajstić information content (AvgIpc) is 2.33. The summed E-state index contributed by atoms with van der Waals surface area (Å²) in [7, 11) is 0. The Morgan fingerprint density at radius 1 is 1.42 bits per heavy atom. The predicted molar refractivity (Wildman–Crippen MR) is 71.9 cm³/mol. The Bertz CT molecular complexity index is 449. The molecule has 0 aliphatic rings. The van der Waals surface area contributed by atoms with Crippen LogP contribution in [0.15, 0.2) is 24.3 Å². The second-order valence-corrected chi connectivity index (χ2v) is 4.19. The molecule has 4 N–H and O–H groups in total. The zero-order valence-corrected chi connectivity index (χ0v) is 11.1. The summed E-state index contributed by atoms with van der Waals surface area (Å²) in [5, 5.41) is 4.93. The van der Waals surface area contributed by atoms with E-state index in [0.717, 1.165) is 11.3 Å². The van der Waals surface area contributed by atoms with Crippen LogP contribution in [-0.2, 0) is 4.79 Å². The van der Waals surface area contributed by atoms with Crippen molar-refractivity contribution >= 4 is 11.9 Å². The standard InChI is InChI=1S/C13H19N3O3/c1-9-4-3-5-11(8-9)19-7-6-15-12(17)10(2)16-13(14)18/h3-5,8,10H,6-7H2,1-2H3,(H,15,17)(H3,14,16,18)/t10-/m1/s1. The largest absolute Gasteiger partial charge is 0.492 e. The minimum Gasteiger partial charge on any atom is -0.492 e. The van der Waals surface area contributed by atoms with E-state index < -0.39 is 12.1 Å². The summed E-state index contributed by atoms with van der Waals surface area (Å²) in [6, 6.07) is 6.27. The summed E-state index contributed by atoms with van der Waals surface area (Å²) in [4.78, 5) is 22.1. The van der Waals surface area contributed by atoms with Crippen molar-refractivity contribution in [3.05, 3.63) is 29.8 Å². The van der Waals surface area contributed by atoms with E-state index in [1.54, 1.807) is 6.92 Å². The SMILES string of the molecule is Cc1cccc(OCCNC(=O)[C@@H](C)NC(N)=O)c1. The molecule has 0 aliphatic heterocycles. The van der Waals surface area contributed by atoms with Crippen molar-refractivity contribution in [2.75, 3.05) is 13.2 Å². The highest BCUT2D eigenvalue weighted by Crippen LogP contribution is 2.11. The number of benzene rings is 1. The van der Waals surface area contributed by atoms with Crippen LogP contribution in [0, 0.1) is 6.92 Å². The van der Waals surface area contributed by atoms with Crippen LogP contribution in [0.2, 0.25) is 0 Å². The first kappa shape index (κ1) is 14.8. The molecule has 6 nitrogen and oxygen atoms in total. The molecule has 0 fully saturated rings. The Labute approximate surface area is 112 Å². The Balaban J connectivity index is 2.23. The molecule has 1 atom stereocenters. The molecule has 1 rings (SSSR count). The number of nitrogens with two attached hydrogens (primary N) is 1. The number of urea groups is 1. The monoisotopic (exact) mass is 265 g/mol. The molecule has 0 saturated heterocycles. The first-order valence-electron chi connectivity index (χ1n) is 6.02. The molecular formula is C13H19N3O3. The number of rotatable bonds is 6. The van der Waals surface area contributed by atoms with Gasteiger partial charge in [-0.2, -0.15) is 0 Å². The molecule has 0 aromatic heterocycles. The van der Waals surface area contributed by atoms with Crippen LogP contribution in [0.5, 0.6) is 5.75 Å². The fourth-order valence-corrected chi connectivity index (χ4v) is 1.48. The lowest BCUT2D eigenvalue weighted by Gasteiger charge is -2.13. The zero-order valence-electron chi connectivity index (χ0n) is 11.1. The second-order valence-electron chi connectivity index (χ2n) is 4.19. The maximum absolute atomic E-state index is 11.5. The number of nitrogens with one attached hydrogen (secondary N) is 2. The first-order valence-corrected chi connectivity index (χ1v) is 6.02. The van der Waals surface area contributed by atoms with Gasteiger partial charge in [0, 0.05) is 0 Å². The van der Waals surface area contributed by atoms with Gasteiger partial charge in [0.05, 0.1) is 6.54 Å². The van der Waals surface area contributed by atoms with Crippen LogP contribution in [0.25, 0.3) is 0 Å². The van der Waals surface area contributed by atoms with Crippen LogP contribution in [-0.4, -0.2) is 31.1 Å². The quantitative estimate of drug-likeness (QED) is 0.655. The van der Waals surface area contributed by atoms with E-state index >= 15 is 0 Å². The highest BCUT2D eigenvalue weighted by atomic mass is 16.5. The molecule has 0 heterocycles. The maximum atomic E-state index is 11.5. The fraction of sp³-hybridized carbons (Fsp3) is 0.385. The van der Waals surface area contributed by atoms with E-state index in [9.17, 15) is 9.59 Å². The predicted octanol–water partition coefficient (Wildman–Crippen LogP) is 0.547. The van der Waals surface area contributed by atoms with Gasteiger partial charge < -0.3 is 21.1 Å². The molecule has 0 aliphatic carbocycles. The minimum atomic E-state index is -0.723. The number of hydrogen-bond donors (Lipinski definition) is 3. The van der Waals surface area contributed by atoms with E-state index in [-0.39, 0.29) is 5.91 Å². The van der Waals surface area contributed by atoms with Crippen molar-refractivity contribution in [1.82, 2.24) is 10.6 Å². The van der Waals surface area contributed by atoms with Crippen LogP contribution in [0.3, 0.4) is 0 Å². The molecular weight excluding hydrogens is 246 g/mol. The van der Waals surface area contributed by atoms with E-state index in [1.807, 2.05) is 31.2 Å². The number of hydrogen-bond acceptors (Lipinski definition) is 3. The fourth-order valence-electron chi connectivity index (χ4n) is 1.48. The topological polar surface area (TPSA) is 93.4 Å². The third-order valence-electron chi connectivity index (χ3n) is 2.41. The van der Waals surface area contributed by atoms with Gasteiger partial charge in [0.25, 0.3) is 0 Å². The second kappa shape index (κ2) is 7.25. The molecule has 1 aromatic rings. The lowest BCUT2D eigenvalue weighted by atomic mass is 10.2. The molecule has 0 bridgehead atoms. The van der Waals surface area contributed by atoms with Crippen molar-refractivity contribution in [2.24, 2.45) is 5.73 Å². The van der Waals surface area contributed by atoms with Crippen LogP contribution in [0.1, 0.15) is 12.5 Å². The summed E-state index contributed by atoms with van der Waals surface area (Å²) in [5.41, 5.74) is 6.03. The zero-order chi connectivity index (χ0) is 14.3. The summed E-state index contributed by atoms with van der Waals surface area (Å²) >= 11 is 0. The highest BCUT2D eigenvalue weighted by Gasteiger charge is 2.12. The summed E-state index contributed by atoms with van der Waals surface area (Å²) in [6.45, 7) is 4.25. The van der Waals surface area contributed by atoms with E-state index in [4.69, 9.17) is 10.5 Å². The van der Waals surface area contributed by atoms with Crippen molar-refractivity contribution in [3.8, 4) is 5.75 Å². The van der Waals surface area contributed by atoms with Gasteiger partial charge in [-0.1, -0.05) is 12.1 Å². The average molecular weight is 265 g/mol. The van der Waals surface area contributed by atoms with E-state index in [1.165, 1.54) is 0 Å². The van der Waals surface area contributed by atoms with E-state index in [0.29, 0.717) is 13.2 Å². The van der Waals surface area contributed by atoms with Gasteiger partial charge in [0.1, 0.15) is 18.4 Å². The molecule has 3 amide bonds. The van der Waals surface area contributed by atoms with Gasteiger partial charge in [-0.15, -0.1) is 0 Å². The smallest absolute Gasteiger partial charge is 0.312 e. The molecule has 104 valence electrons. The number of carbonyl (C=O) groups excluding carboxylic acids is 2. The van der Waals surface area contributed by atoms with Crippen molar-refractivity contribution in [2.45, 2.75) is 19.9 Å². The van der Waals surface area contributed by atoms with Crippen molar-refractivity contribution in [1.29, 1.82) is 0 Å². The molecule has 0 saturated carbocycles. The third kappa shape index (κ3) is 5.76. The Kier molecular flexibility index (Phi) is 5.66. The third-order valence-corrected chi connectivity index (χ3v) is 2.41. The number of ether oxygens (including phenoxy) is 1. The Morgan fingerprint density at radius 3 is 2.79 bits per heavy atom. The highest BCUT2D eigenvalue weighted by molar-refractivity contribution is 5.86. The normalized spacial score (nSPS) is 11.5. The van der Waals surface area contributed by atoms with Crippen molar-refractivity contribution < 1.29 is 14.3 Å². The van der Waals surface area contributed by atoms with Crippen LogP contribution >= 0.6 is 0 Å². The van der Waals surface area contributed by atoms with Gasteiger partial charge >= 0.3 is 6.03 Å². The molecule has 6 heteroatoms. The van der Waals surface area contributed by atoms with Gasteiger partial charge in [-0.3, -0.25) is 4.79 Å². The lowest BCUT2D eigenvalue weighted by Crippen LogP contribution is -2.47. The Morgan fingerprint density at radius 2 is 2.16 bits per heavy atom. The molecule has 0 spiro atoms. The number of amides is 3. The minimum absolute atomic E-state index is 0.299. The number of aryl methyl sites for hydroxylation is 1. The summed E-state index contributed by atoms with van der Waals surface area (Å²) in [5.74, 6) is 0.462. The maximum Gasteiger partial charge on any atom is 0.312 e. The van der Waals surface area contributed by atoms with Gasteiger partial charge in [0.2, 0.25) is 5.91 Å². The summed E-state index contributed by atoms with van der Waals surface area (Å²) in [6.07, 6.45) is 0. The van der Waals surface area contributed by atoms with Gasteiger partial charge in [0.15, 0.2) is 0 Å². The molecule has 0 radical (unpaired) electrons. The Hall–Kier alpha value is -2.24. The number of primary amides is 1. The molecule has 19 heavy (non-hydrogen) atoms. The number of carbonyl (C=O) groups is 2.